The van der Waals surface area contributed by atoms with Crippen LogP contribution < -0.4 is 4.90 Å². The number of anilines is 1. The summed E-state index contributed by atoms with van der Waals surface area (Å²) in [6.07, 6.45) is 0.526. The summed E-state index contributed by atoms with van der Waals surface area (Å²) < 4.78 is 0.981. The molecule has 106 valence electrons. The summed E-state index contributed by atoms with van der Waals surface area (Å²) in [7, 11) is 3.93. The maximum atomic E-state index is 8.68. The van der Waals surface area contributed by atoms with E-state index in [1.54, 1.807) is 34.4 Å². The van der Waals surface area contributed by atoms with Crippen molar-refractivity contribution in [3.05, 3.63) is 21.9 Å². The maximum absolute atomic E-state index is 8.68. The van der Waals surface area contributed by atoms with E-state index < -0.39 is 0 Å². The summed E-state index contributed by atoms with van der Waals surface area (Å²) in [4.78, 5) is 3.23. The highest BCUT2D eigenvalue weighted by Crippen LogP contribution is 2.30. The van der Waals surface area contributed by atoms with Gasteiger partial charge >= 0.3 is 0 Å². The summed E-state index contributed by atoms with van der Waals surface area (Å²) in [5.74, 6) is 6.85. The smallest absolute Gasteiger partial charge is 0.208 e. The van der Waals surface area contributed by atoms with Crippen molar-refractivity contribution in [2.24, 2.45) is 0 Å². The van der Waals surface area contributed by atoms with E-state index in [1.165, 1.54) is 4.88 Å². The lowest BCUT2D eigenvalue weighted by molar-refractivity contribution is 0.305. The molecule has 4 nitrogen and oxygen atoms in total. The number of aliphatic hydroxyl groups excluding tert-OH is 1. The van der Waals surface area contributed by atoms with Crippen molar-refractivity contribution in [1.29, 1.82) is 0 Å². The molecule has 0 aromatic carbocycles. The number of thioether (sulfide) groups is 1. The molecule has 0 unspecified atom stereocenters. The lowest BCUT2D eigenvalue weighted by atomic mass is 10.3. The minimum absolute atomic E-state index is 0.116. The van der Waals surface area contributed by atoms with Crippen molar-refractivity contribution in [3.8, 4) is 11.8 Å². The number of nitrogens with zero attached hydrogens (tertiary/aromatic N) is 3. The molecule has 0 saturated heterocycles. The van der Waals surface area contributed by atoms with E-state index in [9.17, 15) is 0 Å². The Kier molecular flexibility index (Phi) is 5.86. The normalized spacial score (nSPS) is 10.2. The molecule has 0 saturated carbocycles. The van der Waals surface area contributed by atoms with Crippen molar-refractivity contribution >= 4 is 39.6 Å². The molecule has 0 aliphatic heterocycles. The van der Waals surface area contributed by atoms with Crippen LogP contribution in [0, 0.1) is 11.8 Å². The molecule has 0 atom stereocenters. The summed E-state index contributed by atoms with van der Waals surface area (Å²) >= 11 is 4.99. The van der Waals surface area contributed by atoms with Gasteiger partial charge in [0.15, 0.2) is 4.34 Å². The van der Waals surface area contributed by atoms with Crippen LogP contribution in [0.5, 0.6) is 0 Å². The van der Waals surface area contributed by atoms with Gasteiger partial charge in [-0.05, 0) is 6.07 Å². The van der Waals surface area contributed by atoms with Crippen LogP contribution in [0.2, 0.25) is 0 Å². The van der Waals surface area contributed by atoms with E-state index in [-0.39, 0.29) is 6.61 Å². The first-order chi connectivity index (χ1) is 9.69. The van der Waals surface area contributed by atoms with Gasteiger partial charge in [0, 0.05) is 42.1 Å². The Balaban J connectivity index is 1.89. The van der Waals surface area contributed by atoms with E-state index in [1.807, 2.05) is 24.4 Å². The predicted molar refractivity (Wildman–Crippen MR) is 86.7 cm³/mol. The molecule has 0 aliphatic rings. The maximum Gasteiger partial charge on any atom is 0.208 e. The third-order valence-electron chi connectivity index (χ3n) is 2.24. The fraction of sp³-hybridized carbons (Fsp3) is 0.385. The molecule has 0 fully saturated rings. The number of hydrogen-bond donors (Lipinski definition) is 1. The minimum atomic E-state index is 0.116. The highest BCUT2D eigenvalue weighted by atomic mass is 32.2. The first-order valence-corrected chi connectivity index (χ1v) is 8.68. The van der Waals surface area contributed by atoms with Crippen molar-refractivity contribution in [2.45, 2.75) is 16.5 Å². The van der Waals surface area contributed by atoms with Gasteiger partial charge in [0.1, 0.15) is 0 Å². The van der Waals surface area contributed by atoms with E-state index in [0.717, 1.165) is 20.8 Å². The second kappa shape index (κ2) is 7.64. The van der Waals surface area contributed by atoms with Gasteiger partial charge < -0.3 is 10.0 Å². The van der Waals surface area contributed by atoms with Gasteiger partial charge in [-0.2, -0.15) is 0 Å². The van der Waals surface area contributed by atoms with Crippen molar-refractivity contribution < 1.29 is 5.11 Å². The van der Waals surface area contributed by atoms with Gasteiger partial charge in [-0.15, -0.1) is 21.5 Å². The summed E-state index contributed by atoms with van der Waals surface area (Å²) in [6.45, 7) is 0.116. The van der Waals surface area contributed by atoms with Crippen molar-refractivity contribution in [2.75, 3.05) is 25.6 Å². The zero-order valence-corrected chi connectivity index (χ0v) is 13.7. The molecule has 2 heterocycles. The van der Waals surface area contributed by atoms with Gasteiger partial charge in [-0.3, -0.25) is 0 Å². The van der Waals surface area contributed by atoms with Crippen LogP contribution in [-0.2, 0) is 5.75 Å². The van der Waals surface area contributed by atoms with Crippen LogP contribution in [-0.4, -0.2) is 36.0 Å². The minimum Gasteiger partial charge on any atom is -0.395 e. The molecule has 0 aliphatic carbocycles. The van der Waals surface area contributed by atoms with Gasteiger partial charge in [0.2, 0.25) is 5.13 Å². The van der Waals surface area contributed by atoms with Crippen LogP contribution >= 0.6 is 34.4 Å². The number of thiophene rings is 1. The van der Waals surface area contributed by atoms with E-state index >= 15 is 0 Å². The SMILES string of the molecule is CN(C)c1nnc(SCc2cc(C#CCCO)cs2)s1. The Morgan fingerprint density at radius 3 is 2.95 bits per heavy atom. The first-order valence-electron chi connectivity index (χ1n) is 6.00. The second-order valence-electron chi connectivity index (χ2n) is 4.11. The van der Waals surface area contributed by atoms with Crippen LogP contribution in [0.15, 0.2) is 15.8 Å². The van der Waals surface area contributed by atoms with Gasteiger partial charge in [-0.25, -0.2) is 0 Å². The molecule has 0 bridgehead atoms. The van der Waals surface area contributed by atoms with Crippen LogP contribution in [0.4, 0.5) is 5.13 Å². The third-order valence-corrected chi connectivity index (χ3v) is 5.63. The molecule has 1 N–H and O–H groups in total. The number of rotatable bonds is 5. The summed E-state index contributed by atoms with van der Waals surface area (Å²) in [6, 6.07) is 2.09. The van der Waals surface area contributed by atoms with E-state index in [2.05, 4.69) is 28.1 Å². The Morgan fingerprint density at radius 1 is 1.40 bits per heavy atom. The monoisotopic (exact) mass is 325 g/mol. The number of aliphatic hydroxyl groups is 1. The average molecular weight is 325 g/mol. The van der Waals surface area contributed by atoms with Crippen molar-refractivity contribution in [1.82, 2.24) is 10.2 Å². The predicted octanol–water partition coefficient (Wildman–Crippen LogP) is 2.69. The topological polar surface area (TPSA) is 49.2 Å². The standard InChI is InChI=1S/C13H15N3OS3/c1-16(2)12-14-15-13(20-12)19-9-11-7-10(8-18-11)5-3-4-6-17/h7-8,17H,4,6,9H2,1-2H3. The third kappa shape index (κ3) is 4.49. The molecule has 2 rings (SSSR count). The molecular weight excluding hydrogens is 310 g/mol. The molecule has 2 aromatic rings. The van der Waals surface area contributed by atoms with Gasteiger partial charge in [-0.1, -0.05) is 34.9 Å². The van der Waals surface area contributed by atoms with Crippen molar-refractivity contribution in [3.63, 3.8) is 0 Å². The molecule has 20 heavy (non-hydrogen) atoms. The second-order valence-corrected chi connectivity index (χ2v) is 7.28. The van der Waals surface area contributed by atoms with Gasteiger partial charge in [0.05, 0.1) is 6.61 Å². The number of hydrogen-bond acceptors (Lipinski definition) is 7. The summed E-state index contributed by atoms with van der Waals surface area (Å²) in [5.41, 5.74) is 1.02. The lowest BCUT2D eigenvalue weighted by Crippen LogP contribution is -2.07. The van der Waals surface area contributed by atoms with Crippen LogP contribution in [0.25, 0.3) is 0 Å². The van der Waals surface area contributed by atoms with E-state index in [0.29, 0.717) is 6.42 Å². The lowest BCUT2D eigenvalue weighted by Gasteiger charge is -2.03. The zero-order valence-electron chi connectivity index (χ0n) is 11.3. The molecule has 7 heteroatoms. The molecule has 0 spiro atoms. The van der Waals surface area contributed by atoms with Crippen LogP contribution in [0.1, 0.15) is 16.9 Å². The highest BCUT2D eigenvalue weighted by Gasteiger charge is 2.07. The van der Waals surface area contributed by atoms with Gasteiger partial charge in [0.25, 0.3) is 0 Å². The molecule has 0 radical (unpaired) electrons. The first kappa shape index (κ1) is 15.3. The Hall–Kier alpha value is -1.07. The molecule has 0 amide bonds. The number of aromatic nitrogens is 2. The Morgan fingerprint density at radius 2 is 2.25 bits per heavy atom. The molecular formula is C13H15N3OS3. The van der Waals surface area contributed by atoms with Crippen LogP contribution in [0.3, 0.4) is 0 Å². The van der Waals surface area contributed by atoms with E-state index in [4.69, 9.17) is 5.11 Å². The Labute approximate surface area is 130 Å². The zero-order chi connectivity index (χ0) is 14.4. The fourth-order valence-electron chi connectivity index (χ4n) is 1.32. The highest BCUT2D eigenvalue weighted by molar-refractivity contribution is 8.00. The molecule has 2 aromatic heterocycles. The quantitative estimate of drug-likeness (QED) is 0.676. The largest absolute Gasteiger partial charge is 0.395 e. The Bertz CT molecular complexity index is 610. The summed E-state index contributed by atoms with van der Waals surface area (Å²) in [5, 5.41) is 19.9. The fourth-order valence-corrected chi connectivity index (χ4v) is 3.95. The average Bonchev–Trinajstić information content (AvgIpc) is 3.05.